The Morgan fingerprint density at radius 2 is 2.13 bits per heavy atom. The van der Waals surface area contributed by atoms with E-state index in [1.165, 1.54) is 19.3 Å². The van der Waals surface area contributed by atoms with Gasteiger partial charge in [-0.05, 0) is 25.8 Å². The Bertz CT molecular complexity index is 203. The molecule has 2 nitrogen and oxygen atoms in total. The number of likely N-dealkylation sites (N-methyl/N-ethyl adjacent to an activating group) is 1. The van der Waals surface area contributed by atoms with Gasteiger partial charge in [-0.1, -0.05) is 33.1 Å². The van der Waals surface area contributed by atoms with Gasteiger partial charge in [0.15, 0.2) is 0 Å². The van der Waals surface area contributed by atoms with Gasteiger partial charge < -0.3 is 0 Å². The lowest BCUT2D eigenvalue weighted by Gasteiger charge is -2.28. The average molecular weight is 211 g/mol. The minimum atomic E-state index is 0.210. The van der Waals surface area contributed by atoms with Crippen LogP contribution >= 0.6 is 0 Å². The van der Waals surface area contributed by atoms with Crippen LogP contribution in [0.3, 0.4) is 0 Å². The number of carbonyl (C=O) groups is 1. The highest BCUT2D eigenvalue weighted by Gasteiger charge is 2.24. The lowest BCUT2D eigenvalue weighted by molar-refractivity contribution is -0.123. The van der Waals surface area contributed by atoms with Crippen molar-refractivity contribution in [3.63, 3.8) is 0 Å². The monoisotopic (exact) mass is 211 g/mol. The minimum Gasteiger partial charge on any atom is -0.298 e. The Morgan fingerprint density at radius 3 is 2.80 bits per heavy atom. The summed E-state index contributed by atoms with van der Waals surface area (Å²) in [6.07, 6.45) is 6.64. The second-order valence-corrected chi connectivity index (χ2v) is 5.03. The van der Waals surface area contributed by atoms with E-state index < -0.39 is 0 Å². The van der Waals surface area contributed by atoms with Crippen LogP contribution < -0.4 is 0 Å². The van der Waals surface area contributed by atoms with Crippen molar-refractivity contribution < 1.29 is 4.79 Å². The molecule has 0 amide bonds. The van der Waals surface area contributed by atoms with Gasteiger partial charge >= 0.3 is 0 Å². The summed E-state index contributed by atoms with van der Waals surface area (Å²) in [4.78, 5) is 14.2. The number of hydrogen-bond acceptors (Lipinski definition) is 2. The second kappa shape index (κ2) is 6.26. The SMILES string of the molecule is CCC(C)CN(C)C1CCCCCC1=O. The summed E-state index contributed by atoms with van der Waals surface area (Å²) in [6.45, 7) is 5.54. The van der Waals surface area contributed by atoms with Gasteiger partial charge in [0.1, 0.15) is 5.78 Å². The first kappa shape index (κ1) is 12.7. The summed E-state index contributed by atoms with van der Waals surface area (Å²) in [5, 5.41) is 0. The molecule has 2 heteroatoms. The molecule has 2 unspecified atom stereocenters. The average Bonchev–Trinajstić information content (AvgIpc) is 2.42. The van der Waals surface area contributed by atoms with E-state index in [0.29, 0.717) is 11.7 Å². The van der Waals surface area contributed by atoms with Crippen molar-refractivity contribution in [3.8, 4) is 0 Å². The number of ketones is 1. The zero-order valence-corrected chi connectivity index (χ0v) is 10.5. The smallest absolute Gasteiger partial charge is 0.149 e. The molecule has 1 aliphatic rings. The minimum absolute atomic E-state index is 0.210. The normalized spacial score (nSPS) is 25.3. The predicted octanol–water partition coefficient (Wildman–Crippen LogP) is 2.87. The largest absolute Gasteiger partial charge is 0.298 e. The van der Waals surface area contributed by atoms with Gasteiger partial charge in [-0.15, -0.1) is 0 Å². The number of carbonyl (C=O) groups excluding carboxylic acids is 1. The molecule has 0 radical (unpaired) electrons. The Hall–Kier alpha value is -0.370. The van der Waals surface area contributed by atoms with E-state index in [9.17, 15) is 4.79 Å². The maximum atomic E-state index is 11.9. The topological polar surface area (TPSA) is 20.3 Å². The van der Waals surface area contributed by atoms with Crippen molar-refractivity contribution in [3.05, 3.63) is 0 Å². The van der Waals surface area contributed by atoms with Crippen LogP contribution in [0.25, 0.3) is 0 Å². The quantitative estimate of drug-likeness (QED) is 0.666. The molecule has 88 valence electrons. The van der Waals surface area contributed by atoms with E-state index >= 15 is 0 Å². The third kappa shape index (κ3) is 3.94. The van der Waals surface area contributed by atoms with Gasteiger partial charge in [-0.2, -0.15) is 0 Å². The van der Waals surface area contributed by atoms with E-state index in [1.54, 1.807) is 0 Å². The van der Waals surface area contributed by atoms with Gasteiger partial charge in [0.2, 0.25) is 0 Å². The van der Waals surface area contributed by atoms with Crippen molar-refractivity contribution in [1.29, 1.82) is 0 Å². The zero-order valence-electron chi connectivity index (χ0n) is 10.5. The molecule has 0 aromatic carbocycles. The van der Waals surface area contributed by atoms with Crippen LogP contribution in [0.4, 0.5) is 0 Å². The molecule has 1 rings (SSSR count). The highest BCUT2D eigenvalue weighted by molar-refractivity contribution is 5.84. The summed E-state index contributed by atoms with van der Waals surface area (Å²) < 4.78 is 0. The predicted molar refractivity (Wildman–Crippen MR) is 64.0 cm³/mol. The summed E-state index contributed by atoms with van der Waals surface area (Å²) in [6, 6.07) is 0.210. The van der Waals surface area contributed by atoms with E-state index in [1.807, 2.05) is 0 Å². The molecule has 0 bridgehead atoms. The molecule has 1 saturated carbocycles. The Balaban J connectivity index is 2.48. The number of hydrogen-bond donors (Lipinski definition) is 0. The number of nitrogens with zero attached hydrogens (tertiary/aromatic N) is 1. The van der Waals surface area contributed by atoms with Crippen LogP contribution in [0.15, 0.2) is 0 Å². The van der Waals surface area contributed by atoms with E-state index in [-0.39, 0.29) is 6.04 Å². The fraction of sp³-hybridized carbons (Fsp3) is 0.923. The van der Waals surface area contributed by atoms with Gasteiger partial charge in [-0.3, -0.25) is 9.69 Å². The third-order valence-corrected chi connectivity index (χ3v) is 3.60. The first-order valence-corrected chi connectivity index (χ1v) is 6.38. The molecule has 0 saturated heterocycles. The van der Waals surface area contributed by atoms with Crippen LogP contribution in [-0.2, 0) is 4.79 Å². The molecule has 15 heavy (non-hydrogen) atoms. The van der Waals surface area contributed by atoms with Gasteiger partial charge in [0.05, 0.1) is 6.04 Å². The molecular formula is C13H25NO. The molecule has 1 aliphatic carbocycles. The third-order valence-electron chi connectivity index (χ3n) is 3.60. The van der Waals surface area contributed by atoms with E-state index in [4.69, 9.17) is 0 Å². The van der Waals surface area contributed by atoms with Crippen LogP contribution in [0.1, 0.15) is 52.4 Å². The second-order valence-electron chi connectivity index (χ2n) is 5.03. The van der Waals surface area contributed by atoms with Crippen LogP contribution in [-0.4, -0.2) is 30.3 Å². The van der Waals surface area contributed by atoms with E-state index in [0.717, 1.165) is 25.8 Å². The van der Waals surface area contributed by atoms with Crippen molar-refractivity contribution >= 4 is 5.78 Å². The fourth-order valence-corrected chi connectivity index (χ4v) is 2.36. The van der Waals surface area contributed by atoms with Crippen molar-refractivity contribution in [1.82, 2.24) is 4.90 Å². The first-order valence-electron chi connectivity index (χ1n) is 6.38. The Labute approximate surface area is 94.0 Å². The van der Waals surface area contributed by atoms with Gasteiger partial charge in [-0.25, -0.2) is 0 Å². The Kier molecular flexibility index (Phi) is 5.30. The Morgan fingerprint density at radius 1 is 1.40 bits per heavy atom. The standard InChI is InChI=1S/C13H25NO/c1-4-11(2)10-14(3)12-8-6-5-7-9-13(12)15/h11-12H,4-10H2,1-3H3. The number of Topliss-reactive ketones (excluding diaryl/α,β-unsaturated/α-hetero) is 1. The maximum Gasteiger partial charge on any atom is 0.149 e. The van der Waals surface area contributed by atoms with Gasteiger partial charge in [0, 0.05) is 13.0 Å². The molecular weight excluding hydrogens is 186 g/mol. The van der Waals surface area contributed by atoms with Crippen LogP contribution in [0, 0.1) is 5.92 Å². The fourth-order valence-electron chi connectivity index (χ4n) is 2.36. The van der Waals surface area contributed by atoms with Crippen molar-refractivity contribution in [2.75, 3.05) is 13.6 Å². The van der Waals surface area contributed by atoms with Crippen molar-refractivity contribution in [2.45, 2.75) is 58.4 Å². The molecule has 0 spiro atoms. The first-order chi connectivity index (χ1) is 7.15. The molecule has 0 aromatic heterocycles. The summed E-state index contributed by atoms with van der Waals surface area (Å²) in [7, 11) is 2.11. The number of rotatable bonds is 4. The van der Waals surface area contributed by atoms with Gasteiger partial charge in [0.25, 0.3) is 0 Å². The zero-order chi connectivity index (χ0) is 11.3. The van der Waals surface area contributed by atoms with E-state index in [2.05, 4.69) is 25.8 Å². The summed E-state index contributed by atoms with van der Waals surface area (Å²) in [5.41, 5.74) is 0. The molecule has 0 aromatic rings. The summed E-state index contributed by atoms with van der Waals surface area (Å²) in [5.74, 6) is 1.17. The van der Waals surface area contributed by atoms with Crippen LogP contribution in [0.5, 0.6) is 0 Å². The van der Waals surface area contributed by atoms with Crippen LogP contribution in [0.2, 0.25) is 0 Å². The molecule has 0 aliphatic heterocycles. The lowest BCUT2D eigenvalue weighted by Crippen LogP contribution is -2.40. The highest BCUT2D eigenvalue weighted by Crippen LogP contribution is 2.19. The summed E-state index contributed by atoms with van der Waals surface area (Å²) >= 11 is 0. The molecule has 2 atom stereocenters. The maximum absolute atomic E-state index is 11.9. The molecule has 0 heterocycles. The lowest BCUT2D eigenvalue weighted by atomic mass is 10.0. The molecule has 1 fully saturated rings. The van der Waals surface area contributed by atoms with Crippen molar-refractivity contribution in [2.24, 2.45) is 5.92 Å². The molecule has 0 N–H and O–H groups in total. The highest BCUT2D eigenvalue weighted by atomic mass is 16.1.